The van der Waals surface area contributed by atoms with Crippen molar-refractivity contribution in [3.8, 4) is 0 Å². The van der Waals surface area contributed by atoms with E-state index in [-0.39, 0.29) is 24.5 Å². The standard InChI is InChI=1S/C18H24N4O4/c1-3-26-11-9-21-14-7-5-4-6-13(14)18(25,17(21)24)15-12(2)20-22(8-10-23)16(15)19/h4-7,23,25H,3,8-11,19H2,1-2H3/t18-/m0/s1. The third-order valence-electron chi connectivity index (χ3n) is 4.64. The van der Waals surface area contributed by atoms with Crippen molar-refractivity contribution in [3.05, 3.63) is 41.1 Å². The number of ether oxygens (including phenoxy) is 1. The van der Waals surface area contributed by atoms with Crippen LogP contribution in [0.15, 0.2) is 24.3 Å². The normalized spacial score (nSPS) is 19.2. The molecule has 1 aliphatic rings. The average Bonchev–Trinajstić information content (AvgIpc) is 3.02. The second-order valence-electron chi connectivity index (χ2n) is 6.17. The number of aryl methyl sites for hydroxylation is 1. The predicted molar refractivity (Wildman–Crippen MR) is 96.7 cm³/mol. The van der Waals surface area contributed by atoms with Crippen molar-refractivity contribution in [2.24, 2.45) is 0 Å². The van der Waals surface area contributed by atoms with Gasteiger partial charge in [0.15, 0.2) is 0 Å². The summed E-state index contributed by atoms with van der Waals surface area (Å²) in [7, 11) is 0. The van der Waals surface area contributed by atoms with Crippen LogP contribution in [0, 0.1) is 6.92 Å². The molecule has 26 heavy (non-hydrogen) atoms. The van der Waals surface area contributed by atoms with Crippen LogP contribution in [0.4, 0.5) is 11.5 Å². The zero-order valence-electron chi connectivity index (χ0n) is 15.0. The van der Waals surface area contributed by atoms with E-state index < -0.39 is 11.5 Å². The highest BCUT2D eigenvalue weighted by Gasteiger charge is 2.53. The molecule has 1 aromatic heterocycles. The number of nitrogens with zero attached hydrogens (tertiary/aromatic N) is 3. The summed E-state index contributed by atoms with van der Waals surface area (Å²) in [6.45, 7) is 4.86. The molecule has 2 aromatic rings. The number of nitrogens with two attached hydrogens (primary N) is 1. The lowest BCUT2D eigenvalue weighted by Gasteiger charge is -2.24. The van der Waals surface area contributed by atoms with Crippen LogP contribution < -0.4 is 10.6 Å². The quantitative estimate of drug-likeness (QED) is 0.615. The highest BCUT2D eigenvalue weighted by Crippen LogP contribution is 2.46. The van der Waals surface area contributed by atoms with Crippen LogP contribution in [0.3, 0.4) is 0 Å². The fourth-order valence-electron chi connectivity index (χ4n) is 3.51. The summed E-state index contributed by atoms with van der Waals surface area (Å²) in [5.41, 5.74) is 6.09. The van der Waals surface area contributed by atoms with Gasteiger partial charge in [-0.15, -0.1) is 0 Å². The van der Waals surface area contributed by atoms with Crippen LogP contribution in [0.1, 0.15) is 23.7 Å². The van der Waals surface area contributed by atoms with Crippen molar-refractivity contribution in [2.45, 2.75) is 26.0 Å². The highest BCUT2D eigenvalue weighted by atomic mass is 16.5. The summed E-state index contributed by atoms with van der Waals surface area (Å²) >= 11 is 0. The smallest absolute Gasteiger partial charge is 0.268 e. The molecule has 0 saturated heterocycles. The Balaban J connectivity index is 2.11. The van der Waals surface area contributed by atoms with E-state index in [9.17, 15) is 15.0 Å². The van der Waals surface area contributed by atoms with Gasteiger partial charge in [-0.2, -0.15) is 5.10 Å². The van der Waals surface area contributed by atoms with E-state index in [0.29, 0.717) is 36.7 Å². The van der Waals surface area contributed by atoms with E-state index in [1.807, 2.05) is 13.0 Å². The Bertz CT molecular complexity index is 820. The van der Waals surface area contributed by atoms with Crippen LogP contribution in [0.5, 0.6) is 0 Å². The molecule has 0 unspecified atom stereocenters. The van der Waals surface area contributed by atoms with Gasteiger partial charge in [-0.25, -0.2) is 4.68 Å². The maximum Gasteiger partial charge on any atom is 0.268 e. The summed E-state index contributed by atoms with van der Waals surface area (Å²) in [5, 5.41) is 25.0. The zero-order valence-corrected chi connectivity index (χ0v) is 15.0. The number of aromatic nitrogens is 2. The van der Waals surface area contributed by atoms with Gasteiger partial charge in [0.05, 0.1) is 36.7 Å². The maximum absolute atomic E-state index is 13.2. The molecule has 1 atom stereocenters. The first kappa shape index (κ1) is 18.4. The summed E-state index contributed by atoms with van der Waals surface area (Å²) in [6, 6.07) is 7.10. The molecule has 1 amide bonds. The number of carbonyl (C=O) groups is 1. The fourth-order valence-corrected chi connectivity index (χ4v) is 3.51. The number of aliphatic hydroxyl groups excluding tert-OH is 1. The number of fused-ring (bicyclic) bond motifs is 1. The molecule has 0 radical (unpaired) electrons. The van der Waals surface area contributed by atoms with Crippen molar-refractivity contribution in [1.29, 1.82) is 0 Å². The number of hydrogen-bond donors (Lipinski definition) is 3. The number of hydrogen-bond acceptors (Lipinski definition) is 6. The molecule has 0 bridgehead atoms. The lowest BCUT2D eigenvalue weighted by atomic mass is 9.87. The highest BCUT2D eigenvalue weighted by molar-refractivity contribution is 6.09. The number of carbonyl (C=O) groups excluding carboxylic acids is 1. The lowest BCUT2D eigenvalue weighted by molar-refractivity contribution is -0.132. The summed E-state index contributed by atoms with van der Waals surface area (Å²) < 4.78 is 6.78. The van der Waals surface area contributed by atoms with E-state index in [1.165, 1.54) is 9.58 Å². The van der Waals surface area contributed by atoms with Crippen LogP contribution in [0.2, 0.25) is 0 Å². The maximum atomic E-state index is 13.2. The van der Waals surface area contributed by atoms with Gasteiger partial charge in [-0.05, 0) is 19.9 Å². The molecule has 0 spiro atoms. The van der Waals surface area contributed by atoms with Gasteiger partial charge in [0.2, 0.25) is 5.60 Å². The van der Waals surface area contributed by atoms with Gasteiger partial charge in [0.25, 0.3) is 5.91 Å². The fraction of sp³-hybridized carbons (Fsp3) is 0.444. The number of benzene rings is 1. The monoisotopic (exact) mass is 360 g/mol. The summed E-state index contributed by atoms with van der Waals surface area (Å²) in [5.74, 6) is -0.300. The molecule has 2 heterocycles. The third kappa shape index (κ3) is 2.66. The lowest BCUT2D eigenvalue weighted by Crippen LogP contribution is -2.43. The third-order valence-corrected chi connectivity index (χ3v) is 4.64. The minimum Gasteiger partial charge on any atom is -0.394 e. The van der Waals surface area contributed by atoms with Crippen LogP contribution >= 0.6 is 0 Å². The van der Waals surface area contributed by atoms with E-state index in [1.54, 1.807) is 25.1 Å². The molecule has 1 aliphatic heterocycles. The Morgan fingerprint density at radius 3 is 2.73 bits per heavy atom. The van der Waals surface area contributed by atoms with Crippen LogP contribution in [-0.2, 0) is 21.7 Å². The van der Waals surface area contributed by atoms with Gasteiger partial charge in [-0.1, -0.05) is 18.2 Å². The second kappa shape index (κ2) is 7.06. The zero-order chi connectivity index (χ0) is 18.9. The molecular formula is C18H24N4O4. The topological polar surface area (TPSA) is 114 Å². The minimum atomic E-state index is -1.91. The number of nitrogen functional groups attached to an aromatic ring is 1. The molecule has 0 aliphatic carbocycles. The first-order valence-electron chi connectivity index (χ1n) is 8.62. The molecule has 140 valence electrons. The first-order chi connectivity index (χ1) is 12.5. The van der Waals surface area contributed by atoms with Gasteiger partial charge in [0, 0.05) is 18.7 Å². The van der Waals surface area contributed by atoms with E-state index >= 15 is 0 Å². The molecule has 1 aromatic carbocycles. The number of amides is 1. The molecule has 4 N–H and O–H groups in total. The van der Waals surface area contributed by atoms with E-state index in [0.717, 1.165) is 0 Å². The number of rotatable bonds is 7. The van der Waals surface area contributed by atoms with Gasteiger partial charge < -0.3 is 25.6 Å². The van der Waals surface area contributed by atoms with E-state index in [2.05, 4.69) is 5.10 Å². The Kier molecular flexibility index (Phi) is 4.99. The molecular weight excluding hydrogens is 336 g/mol. The SMILES string of the molecule is CCOCCN1C(=O)[C@@](O)(c2c(C)nn(CCO)c2N)c2ccccc21. The average molecular weight is 360 g/mol. The molecule has 3 rings (SSSR count). The van der Waals surface area contributed by atoms with E-state index in [4.69, 9.17) is 10.5 Å². The second-order valence-corrected chi connectivity index (χ2v) is 6.17. The molecule has 0 saturated carbocycles. The Labute approximate surface area is 151 Å². The minimum absolute atomic E-state index is 0.145. The Morgan fingerprint density at radius 1 is 1.31 bits per heavy atom. The predicted octanol–water partition coefficient (Wildman–Crippen LogP) is 0.385. The Hall–Kier alpha value is -2.42. The van der Waals surface area contributed by atoms with Gasteiger partial charge in [0.1, 0.15) is 5.82 Å². The largest absolute Gasteiger partial charge is 0.394 e. The van der Waals surface area contributed by atoms with Crippen molar-refractivity contribution in [2.75, 3.05) is 37.0 Å². The van der Waals surface area contributed by atoms with Crippen molar-refractivity contribution < 1.29 is 19.7 Å². The van der Waals surface area contributed by atoms with Crippen LogP contribution in [-0.4, -0.2) is 52.3 Å². The van der Waals surface area contributed by atoms with Gasteiger partial charge >= 0.3 is 0 Å². The first-order valence-corrected chi connectivity index (χ1v) is 8.62. The number of anilines is 2. The molecule has 0 fully saturated rings. The summed E-state index contributed by atoms with van der Waals surface area (Å²) in [4.78, 5) is 14.7. The van der Waals surface area contributed by atoms with Crippen molar-refractivity contribution >= 4 is 17.4 Å². The molecule has 8 heteroatoms. The Morgan fingerprint density at radius 2 is 2.04 bits per heavy atom. The number of aliphatic hydroxyl groups is 2. The van der Waals surface area contributed by atoms with Gasteiger partial charge in [-0.3, -0.25) is 4.79 Å². The molecule has 8 nitrogen and oxygen atoms in total. The number of para-hydroxylation sites is 1. The van der Waals surface area contributed by atoms with Crippen LogP contribution in [0.25, 0.3) is 0 Å². The van der Waals surface area contributed by atoms with Crippen molar-refractivity contribution in [3.63, 3.8) is 0 Å². The van der Waals surface area contributed by atoms with Crippen molar-refractivity contribution in [1.82, 2.24) is 9.78 Å². The summed E-state index contributed by atoms with van der Waals surface area (Å²) in [6.07, 6.45) is 0.